The number of rotatable bonds is 5. The average Bonchev–Trinajstić information content (AvgIpc) is 2.85. The Morgan fingerprint density at radius 3 is 2.71 bits per heavy atom. The van der Waals surface area contributed by atoms with Crippen LogP contribution in [0.15, 0.2) is 17.0 Å². The maximum absolute atomic E-state index is 13.8. The van der Waals surface area contributed by atoms with E-state index in [1.807, 2.05) is 0 Å². The molecular formula is C14H19F2NO3S. The van der Waals surface area contributed by atoms with Crippen molar-refractivity contribution in [2.24, 2.45) is 5.92 Å². The smallest absolute Gasteiger partial charge is 0.243 e. The van der Waals surface area contributed by atoms with Gasteiger partial charge in [0.1, 0.15) is 16.5 Å². The fourth-order valence-electron chi connectivity index (χ4n) is 2.48. The molecule has 0 bridgehead atoms. The van der Waals surface area contributed by atoms with E-state index in [0.717, 1.165) is 18.6 Å². The van der Waals surface area contributed by atoms with Crippen LogP contribution in [-0.2, 0) is 14.8 Å². The molecule has 2 unspecified atom stereocenters. The molecule has 1 aliphatic rings. The molecular weight excluding hydrogens is 300 g/mol. The first-order valence-corrected chi connectivity index (χ1v) is 8.33. The average molecular weight is 319 g/mol. The lowest BCUT2D eigenvalue weighted by atomic mass is 10.0. The molecule has 0 aromatic heterocycles. The number of benzene rings is 1. The predicted molar refractivity (Wildman–Crippen MR) is 74.4 cm³/mol. The summed E-state index contributed by atoms with van der Waals surface area (Å²) in [4.78, 5) is -0.653. The van der Waals surface area contributed by atoms with E-state index in [0.29, 0.717) is 25.6 Å². The van der Waals surface area contributed by atoms with Crippen LogP contribution in [0.5, 0.6) is 0 Å². The maximum Gasteiger partial charge on any atom is 0.243 e. The molecule has 0 amide bonds. The number of halogens is 2. The molecule has 1 N–H and O–H groups in total. The fraction of sp³-hybridized carbons (Fsp3) is 0.571. The molecule has 2 rings (SSSR count). The zero-order valence-electron chi connectivity index (χ0n) is 12.0. The van der Waals surface area contributed by atoms with Gasteiger partial charge >= 0.3 is 0 Å². The number of ether oxygens (including phenoxy) is 1. The van der Waals surface area contributed by atoms with Crippen LogP contribution in [0.4, 0.5) is 8.78 Å². The number of sulfonamides is 1. The highest BCUT2D eigenvalue weighted by Crippen LogP contribution is 2.21. The summed E-state index contributed by atoms with van der Waals surface area (Å²) in [5, 5.41) is 0. The SMILES string of the molecule is Cc1cc(F)c(S(=O)(=O)NC(C)CC2CCOC2)cc1F. The second-order valence-electron chi connectivity index (χ2n) is 5.52. The van der Waals surface area contributed by atoms with Gasteiger partial charge in [0, 0.05) is 19.3 Å². The van der Waals surface area contributed by atoms with Crippen molar-refractivity contribution < 1.29 is 21.9 Å². The highest BCUT2D eigenvalue weighted by atomic mass is 32.2. The Morgan fingerprint density at radius 2 is 2.10 bits per heavy atom. The van der Waals surface area contributed by atoms with Crippen molar-refractivity contribution in [1.82, 2.24) is 4.72 Å². The Kier molecular flexibility index (Phi) is 4.95. The Labute approximate surface area is 123 Å². The summed E-state index contributed by atoms with van der Waals surface area (Å²) in [5.41, 5.74) is 0.0719. The fourth-order valence-corrected chi connectivity index (χ4v) is 3.81. The summed E-state index contributed by atoms with van der Waals surface area (Å²) in [7, 11) is -4.08. The van der Waals surface area contributed by atoms with Gasteiger partial charge in [0.15, 0.2) is 0 Å². The lowest BCUT2D eigenvalue weighted by Crippen LogP contribution is -2.34. The van der Waals surface area contributed by atoms with Gasteiger partial charge in [-0.1, -0.05) is 0 Å². The number of nitrogens with one attached hydrogen (secondary N) is 1. The first-order chi connectivity index (χ1) is 9.79. The lowest BCUT2D eigenvalue weighted by molar-refractivity contribution is 0.182. The van der Waals surface area contributed by atoms with Crippen molar-refractivity contribution in [3.63, 3.8) is 0 Å². The zero-order valence-corrected chi connectivity index (χ0v) is 12.8. The van der Waals surface area contributed by atoms with Gasteiger partial charge in [-0.3, -0.25) is 0 Å². The van der Waals surface area contributed by atoms with Gasteiger partial charge in [-0.05, 0) is 50.3 Å². The van der Waals surface area contributed by atoms with Gasteiger partial charge in [-0.2, -0.15) is 0 Å². The van der Waals surface area contributed by atoms with E-state index >= 15 is 0 Å². The molecule has 1 aliphatic heterocycles. The number of aryl methyl sites for hydroxylation is 1. The highest BCUT2D eigenvalue weighted by Gasteiger charge is 2.25. The minimum atomic E-state index is -4.08. The molecule has 0 saturated carbocycles. The molecule has 0 radical (unpaired) electrons. The monoisotopic (exact) mass is 319 g/mol. The van der Waals surface area contributed by atoms with E-state index in [4.69, 9.17) is 4.74 Å². The number of hydrogen-bond donors (Lipinski definition) is 1. The lowest BCUT2D eigenvalue weighted by Gasteiger charge is -2.17. The first kappa shape index (κ1) is 16.3. The van der Waals surface area contributed by atoms with Crippen molar-refractivity contribution in [2.45, 2.75) is 37.6 Å². The standard InChI is InChI=1S/C14H19F2NO3S/c1-9-5-13(16)14(7-12(9)15)21(18,19)17-10(2)6-11-3-4-20-8-11/h5,7,10-11,17H,3-4,6,8H2,1-2H3. The molecule has 118 valence electrons. The molecule has 1 aromatic rings. The summed E-state index contributed by atoms with van der Waals surface area (Å²) in [6, 6.07) is 1.24. The topological polar surface area (TPSA) is 55.4 Å². The number of hydrogen-bond acceptors (Lipinski definition) is 3. The van der Waals surface area contributed by atoms with Crippen molar-refractivity contribution in [2.75, 3.05) is 13.2 Å². The van der Waals surface area contributed by atoms with Gasteiger partial charge in [-0.15, -0.1) is 0 Å². The van der Waals surface area contributed by atoms with Gasteiger partial charge < -0.3 is 4.74 Å². The zero-order chi connectivity index (χ0) is 15.6. The minimum absolute atomic E-state index is 0.0719. The van der Waals surface area contributed by atoms with Crippen LogP contribution in [0.3, 0.4) is 0 Å². The van der Waals surface area contributed by atoms with Crippen LogP contribution in [0.1, 0.15) is 25.3 Å². The van der Waals surface area contributed by atoms with Gasteiger partial charge in [0.05, 0.1) is 0 Å². The Hall–Kier alpha value is -1.05. The van der Waals surface area contributed by atoms with Gasteiger partial charge in [-0.25, -0.2) is 21.9 Å². The van der Waals surface area contributed by atoms with Crippen LogP contribution >= 0.6 is 0 Å². The quantitative estimate of drug-likeness (QED) is 0.906. The molecule has 2 atom stereocenters. The summed E-state index contributed by atoms with van der Waals surface area (Å²) in [6.45, 7) is 4.38. The van der Waals surface area contributed by atoms with Crippen molar-refractivity contribution in [3.05, 3.63) is 29.3 Å². The summed E-state index contributed by atoms with van der Waals surface area (Å²) >= 11 is 0. The van der Waals surface area contributed by atoms with Crippen molar-refractivity contribution in [1.29, 1.82) is 0 Å². The van der Waals surface area contributed by atoms with E-state index in [1.165, 1.54) is 6.92 Å². The third kappa shape index (κ3) is 3.99. The Bertz CT molecular complexity index is 613. The first-order valence-electron chi connectivity index (χ1n) is 6.85. The summed E-state index contributed by atoms with van der Waals surface area (Å²) in [6.07, 6.45) is 1.49. The molecule has 1 saturated heterocycles. The van der Waals surface area contributed by atoms with Crippen LogP contribution in [0.2, 0.25) is 0 Å². The van der Waals surface area contributed by atoms with Crippen LogP contribution < -0.4 is 4.72 Å². The molecule has 0 spiro atoms. The van der Waals surface area contributed by atoms with Crippen LogP contribution in [0.25, 0.3) is 0 Å². The van der Waals surface area contributed by atoms with Crippen molar-refractivity contribution in [3.8, 4) is 0 Å². The van der Waals surface area contributed by atoms with Crippen LogP contribution in [-0.4, -0.2) is 27.7 Å². The van der Waals surface area contributed by atoms with E-state index < -0.39 is 26.6 Å². The van der Waals surface area contributed by atoms with Crippen LogP contribution in [0, 0.1) is 24.5 Å². The van der Waals surface area contributed by atoms with E-state index in [9.17, 15) is 17.2 Å². The van der Waals surface area contributed by atoms with Gasteiger partial charge in [0.2, 0.25) is 10.0 Å². The molecule has 7 heteroatoms. The normalized spacial score (nSPS) is 20.7. The Balaban J connectivity index is 2.12. The third-order valence-electron chi connectivity index (χ3n) is 3.57. The second-order valence-corrected chi connectivity index (χ2v) is 7.20. The summed E-state index contributed by atoms with van der Waals surface area (Å²) in [5.74, 6) is -1.39. The van der Waals surface area contributed by atoms with E-state index in [-0.39, 0.29) is 11.6 Å². The van der Waals surface area contributed by atoms with E-state index in [2.05, 4.69) is 4.72 Å². The molecule has 1 fully saturated rings. The predicted octanol–water partition coefficient (Wildman–Crippen LogP) is 2.37. The Morgan fingerprint density at radius 1 is 1.38 bits per heavy atom. The molecule has 1 heterocycles. The molecule has 21 heavy (non-hydrogen) atoms. The minimum Gasteiger partial charge on any atom is -0.381 e. The molecule has 4 nitrogen and oxygen atoms in total. The maximum atomic E-state index is 13.8. The second kappa shape index (κ2) is 6.37. The molecule has 0 aliphatic carbocycles. The van der Waals surface area contributed by atoms with Crippen molar-refractivity contribution >= 4 is 10.0 Å². The highest BCUT2D eigenvalue weighted by molar-refractivity contribution is 7.89. The van der Waals surface area contributed by atoms with E-state index in [1.54, 1.807) is 6.92 Å². The molecule has 1 aromatic carbocycles. The van der Waals surface area contributed by atoms with Gasteiger partial charge in [0.25, 0.3) is 0 Å². The third-order valence-corrected chi connectivity index (χ3v) is 5.17. The summed E-state index contributed by atoms with van der Waals surface area (Å²) < 4.78 is 59.2. The largest absolute Gasteiger partial charge is 0.381 e.